The number of piperidine rings is 1. The van der Waals surface area contributed by atoms with E-state index in [1.165, 1.54) is 6.42 Å². The Morgan fingerprint density at radius 2 is 1.79 bits per heavy atom. The molecule has 0 aromatic carbocycles. The minimum absolute atomic E-state index is 0.0444. The number of carbonyl (C=O) groups excluding carboxylic acids is 2. The van der Waals surface area contributed by atoms with E-state index in [0.717, 1.165) is 42.9 Å². The van der Waals surface area contributed by atoms with Crippen molar-refractivity contribution in [2.75, 3.05) is 18.4 Å². The van der Waals surface area contributed by atoms with Crippen molar-refractivity contribution in [1.29, 1.82) is 0 Å². The Hall–Kier alpha value is -3.09. The van der Waals surface area contributed by atoms with E-state index in [0.29, 0.717) is 33.8 Å². The summed E-state index contributed by atoms with van der Waals surface area (Å²) in [4.78, 5) is 35.1. The average molecular weight is 394 g/mol. The lowest BCUT2D eigenvalue weighted by Crippen LogP contribution is -2.36. The number of nitrogens with zero attached hydrogens (tertiary/aromatic N) is 2. The zero-order valence-electron chi connectivity index (χ0n) is 17.3. The molecule has 152 valence electrons. The number of aromatic hydroxyl groups is 1. The summed E-state index contributed by atoms with van der Waals surface area (Å²) in [7, 11) is 0. The van der Waals surface area contributed by atoms with Gasteiger partial charge in [-0.2, -0.15) is 0 Å². The molecule has 0 saturated carbocycles. The Morgan fingerprint density at radius 3 is 2.48 bits per heavy atom. The maximum Gasteiger partial charge on any atom is 0.257 e. The van der Waals surface area contributed by atoms with E-state index in [1.54, 1.807) is 19.9 Å². The molecule has 2 amide bonds. The SMILES string of the molecule is Cc1nc2c(c(C)c1O)/C(=C/c1[nH]c(C)c(C(=O)N3CCCCC3)c1C)C(=O)N2. The second kappa shape index (κ2) is 7.06. The van der Waals surface area contributed by atoms with Crippen LogP contribution in [0, 0.1) is 27.7 Å². The van der Waals surface area contributed by atoms with Crippen molar-refractivity contribution in [2.24, 2.45) is 0 Å². The van der Waals surface area contributed by atoms with Crippen LogP contribution in [0.5, 0.6) is 5.75 Å². The van der Waals surface area contributed by atoms with Crippen LogP contribution in [0.1, 0.15) is 63.4 Å². The summed E-state index contributed by atoms with van der Waals surface area (Å²) in [6.45, 7) is 8.84. The molecule has 0 aliphatic carbocycles. The zero-order valence-corrected chi connectivity index (χ0v) is 17.3. The summed E-state index contributed by atoms with van der Waals surface area (Å²) in [5, 5.41) is 13.0. The maximum atomic E-state index is 13.1. The number of nitrogens with one attached hydrogen (secondary N) is 2. The second-order valence-electron chi connectivity index (χ2n) is 7.92. The summed E-state index contributed by atoms with van der Waals surface area (Å²) in [6, 6.07) is 0. The smallest absolute Gasteiger partial charge is 0.257 e. The number of pyridine rings is 1. The van der Waals surface area contributed by atoms with Crippen LogP contribution in [0.3, 0.4) is 0 Å². The van der Waals surface area contributed by atoms with Crippen molar-refractivity contribution in [3.63, 3.8) is 0 Å². The Morgan fingerprint density at radius 1 is 1.10 bits per heavy atom. The summed E-state index contributed by atoms with van der Waals surface area (Å²) in [6.07, 6.45) is 5.00. The largest absolute Gasteiger partial charge is 0.506 e. The molecule has 0 spiro atoms. The molecule has 4 heterocycles. The normalized spacial score (nSPS) is 17.6. The van der Waals surface area contributed by atoms with E-state index in [1.807, 2.05) is 18.7 Å². The van der Waals surface area contributed by atoms with Crippen molar-refractivity contribution < 1.29 is 14.7 Å². The fourth-order valence-electron chi connectivity index (χ4n) is 4.33. The summed E-state index contributed by atoms with van der Waals surface area (Å²) < 4.78 is 0. The van der Waals surface area contributed by atoms with Gasteiger partial charge < -0.3 is 20.3 Å². The predicted molar refractivity (Wildman–Crippen MR) is 112 cm³/mol. The molecule has 0 radical (unpaired) electrons. The number of amides is 2. The van der Waals surface area contributed by atoms with Gasteiger partial charge in [-0.1, -0.05) is 0 Å². The number of likely N-dealkylation sites (tertiary alicyclic amines) is 1. The molecular weight excluding hydrogens is 368 g/mol. The van der Waals surface area contributed by atoms with Gasteiger partial charge in [0.2, 0.25) is 0 Å². The molecule has 7 nitrogen and oxygen atoms in total. The molecule has 1 saturated heterocycles. The van der Waals surface area contributed by atoms with E-state index >= 15 is 0 Å². The van der Waals surface area contributed by atoms with Gasteiger partial charge in [-0.25, -0.2) is 4.98 Å². The predicted octanol–water partition coefficient (Wildman–Crippen LogP) is 3.47. The number of rotatable bonds is 2. The van der Waals surface area contributed by atoms with Crippen LogP contribution >= 0.6 is 0 Å². The van der Waals surface area contributed by atoms with E-state index < -0.39 is 0 Å². The van der Waals surface area contributed by atoms with Crippen LogP contribution in [-0.2, 0) is 4.79 Å². The van der Waals surface area contributed by atoms with E-state index in [4.69, 9.17) is 0 Å². The van der Waals surface area contributed by atoms with Crippen molar-refractivity contribution >= 4 is 29.3 Å². The average Bonchev–Trinajstić information content (AvgIpc) is 3.16. The summed E-state index contributed by atoms with van der Waals surface area (Å²) in [5.41, 5.74) is 5.15. The molecule has 3 N–H and O–H groups in total. The summed E-state index contributed by atoms with van der Waals surface area (Å²) >= 11 is 0. The van der Waals surface area contributed by atoms with Crippen LogP contribution < -0.4 is 5.32 Å². The number of fused-ring (bicyclic) bond motifs is 1. The van der Waals surface area contributed by atoms with Crippen molar-refractivity contribution in [1.82, 2.24) is 14.9 Å². The van der Waals surface area contributed by atoms with Crippen LogP contribution in [-0.4, -0.2) is 44.9 Å². The van der Waals surface area contributed by atoms with Crippen LogP contribution in [0.2, 0.25) is 0 Å². The van der Waals surface area contributed by atoms with Crippen LogP contribution in [0.15, 0.2) is 0 Å². The number of carbonyl (C=O) groups is 2. The molecule has 2 aliphatic rings. The van der Waals surface area contributed by atoms with Gasteiger partial charge >= 0.3 is 0 Å². The Kier molecular flexibility index (Phi) is 4.68. The third-order valence-electron chi connectivity index (χ3n) is 5.96. The lowest BCUT2D eigenvalue weighted by atomic mass is 10.00. The minimum atomic E-state index is -0.267. The highest BCUT2D eigenvalue weighted by molar-refractivity contribution is 6.35. The highest BCUT2D eigenvalue weighted by Gasteiger charge is 2.31. The highest BCUT2D eigenvalue weighted by atomic mass is 16.3. The maximum absolute atomic E-state index is 13.1. The Bertz CT molecular complexity index is 1060. The molecule has 0 bridgehead atoms. The minimum Gasteiger partial charge on any atom is -0.506 e. The van der Waals surface area contributed by atoms with E-state index in [9.17, 15) is 14.7 Å². The Balaban J connectivity index is 1.77. The van der Waals surface area contributed by atoms with Gasteiger partial charge in [0.1, 0.15) is 11.6 Å². The van der Waals surface area contributed by atoms with Crippen LogP contribution in [0.25, 0.3) is 11.6 Å². The molecular formula is C22H26N4O3. The first-order chi connectivity index (χ1) is 13.8. The topological polar surface area (TPSA) is 98.3 Å². The molecule has 1 fully saturated rings. The molecule has 0 unspecified atom stereocenters. The monoisotopic (exact) mass is 394 g/mol. The first-order valence-electron chi connectivity index (χ1n) is 10.0. The zero-order chi connectivity index (χ0) is 20.9. The van der Waals surface area contributed by atoms with E-state index in [2.05, 4.69) is 15.3 Å². The first-order valence-corrected chi connectivity index (χ1v) is 10.0. The van der Waals surface area contributed by atoms with Gasteiger partial charge in [-0.05, 0) is 58.6 Å². The third kappa shape index (κ3) is 3.10. The standard InChI is InChI=1S/C22H26N4O3/c1-11-16(23-13(3)17(11)22(29)26-8-6-5-7-9-26)10-15-18-12(2)19(27)14(4)24-20(18)25-21(15)28/h10,23,27H,5-9H2,1-4H3,(H,24,25,28)/b15-10-. The molecule has 2 aliphatic heterocycles. The van der Waals surface area contributed by atoms with Gasteiger partial charge in [-0.3, -0.25) is 9.59 Å². The van der Waals surface area contributed by atoms with Gasteiger partial charge in [0.25, 0.3) is 11.8 Å². The number of aromatic nitrogens is 2. The van der Waals surface area contributed by atoms with Gasteiger partial charge in [0.05, 0.1) is 16.8 Å². The molecule has 0 atom stereocenters. The summed E-state index contributed by atoms with van der Waals surface area (Å²) in [5.74, 6) is 0.324. The number of hydrogen-bond donors (Lipinski definition) is 3. The first kappa shape index (κ1) is 19.2. The quantitative estimate of drug-likeness (QED) is 0.679. The lowest BCUT2D eigenvalue weighted by molar-refractivity contribution is -0.110. The van der Waals surface area contributed by atoms with Crippen molar-refractivity contribution in [3.05, 3.63) is 39.3 Å². The third-order valence-corrected chi connectivity index (χ3v) is 5.96. The number of hydrogen-bond acceptors (Lipinski definition) is 4. The Labute approximate surface area is 169 Å². The fourth-order valence-corrected chi connectivity index (χ4v) is 4.33. The fraction of sp³-hybridized carbons (Fsp3) is 0.409. The van der Waals surface area contributed by atoms with Gasteiger partial charge in [0.15, 0.2) is 0 Å². The van der Waals surface area contributed by atoms with Gasteiger partial charge in [0, 0.05) is 35.6 Å². The second-order valence-corrected chi connectivity index (χ2v) is 7.92. The van der Waals surface area contributed by atoms with Gasteiger partial charge in [-0.15, -0.1) is 0 Å². The number of aryl methyl sites for hydroxylation is 2. The van der Waals surface area contributed by atoms with Crippen molar-refractivity contribution in [2.45, 2.75) is 47.0 Å². The molecule has 2 aromatic rings. The molecule has 4 rings (SSSR count). The number of anilines is 1. The number of aromatic amines is 1. The van der Waals surface area contributed by atoms with Crippen molar-refractivity contribution in [3.8, 4) is 5.75 Å². The molecule has 7 heteroatoms. The number of H-pyrrole nitrogens is 1. The molecule has 29 heavy (non-hydrogen) atoms. The van der Waals surface area contributed by atoms with E-state index in [-0.39, 0.29) is 17.6 Å². The lowest BCUT2D eigenvalue weighted by Gasteiger charge is -2.27. The molecule has 2 aromatic heterocycles. The highest BCUT2D eigenvalue weighted by Crippen LogP contribution is 2.39. The van der Waals surface area contributed by atoms with Crippen LogP contribution in [0.4, 0.5) is 5.82 Å².